The third kappa shape index (κ3) is 2.56. The molecule has 1 aromatic heterocycles. The fourth-order valence-electron chi connectivity index (χ4n) is 2.04. The first kappa shape index (κ1) is 13.1. The lowest BCUT2D eigenvalue weighted by Crippen LogP contribution is -2.23. The molecule has 0 spiro atoms. The number of nitrogen functional groups attached to an aromatic ring is 1. The highest BCUT2D eigenvalue weighted by atomic mass is 32.1. The van der Waals surface area contributed by atoms with Gasteiger partial charge in [-0.2, -0.15) is 4.37 Å². The van der Waals surface area contributed by atoms with E-state index < -0.39 is 0 Å². The van der Waals surface area contributed by atoms with E-state index in [4.69, 9.17) is 10.5 Å². The van der Waals surface area contributed by atoms with Gasteiger partial charge in [0.2, 0.25) is 0 Å². The number of hydrogen-bond acceptors (Lipinski definition) is 6. The second-order valence-electron chi connectivity index (χ2n) is 4.36. The molecule has 1 aromatic rings. The third-order valence-electron chi connectivity index (χ3n) is 3.23. The first-order valence-electron chi connectivity index (χ1n) is 5.96. The number of hydrogen-bond donors (Lipinski definition) is 3. The van der Waals surface area contributed by atoms with Crippen LogP contribution < -0.4 is 16.4 Å². The van der Waals surface area contributed by atoms with Gasteiger partial charge in [0.25, 0.3) is 5.91 Å². The SMILES string of the molecule is CNC(=O)c1c(N)nsc1NCC1CCOC1C. The highest BCUT2D eigenvalue weighted by Crippen LogP contribution is 2.28. The molecule has 18 heavy (non-hydrogen) atoms. The minimum absolute atomic E-state index is 0.209. The summed E-state index contributed by atoms with van der Waals surface area (Å²) < 4.78 is 9.52. The van der Waals surface area contributed by atoms with Crippen LogP contribution in [0.2, 0.25) is 0 Å². The van der Waals surface area contributed by atoms with Crippen LogP contribution >= 0.6 is 11.5 Å². The van der Waals surface area contributed by atoms with Crippen LogP contribution in [0, 0.1) is 5.92 Å². The van der Waals surface area contributed by atoms with Crippen molar-refractivity contribution in [3.05, 3.63) is 5.56 Å². The van der Waals surface area contributed by atoms with E-state index in [0.717, 1.165) is 24.6 Å². The molecule has 0 aliphatic carbocycles. The molecule has 2 heterocycles. The van der Waals surface area contributed by atoms with Crippen LogP contribution in [-0.4, -0.2) is 36.6 Å². The fraction of sp³-hybridized carbons (Fsp3) is 0.636. The maximum atomic E-state index is 11.7. The zero-order valence-electron chi connectivity index (χ0n) is 10.5. The molecule has 2 atom stereocenters. The Morgan fingerprint density at radius 1 is 1.67 bits per heavy atom. The highest BCUT2D eigenvalue weighted by Gasteiger charge is 2.25. The summed E-state index contributed by atoms with van der Waals surface area (Å²) in [6.45, 7) is 3.65. The normalized spacial score (nSPS) is 23.0. The molecule has 1 fully saturated rings. The van der Waals surface area contributed by atoms with Gasteiger partial charge in [-0.05, 0) is 24.9 Å². The highest BCUT2D eigenvalue weighted by molar-refractivity contribution is 7.11. The largest absolute Gasteiger partial charge is 0.382 e. The number of nitrogens with one attached hydrogen (secondary N) is 2. The third-order valence-corrected chi connectivity index (χ3v) is 4.05. The Morgan fingerprint density at radius 2 is 2.44 bits per heavy atom. The van der Waals surface area contributed by atoms with Crippen molar-refractivity contribution in [2.75, 3.05) is 31.2 Å². The molecule has 1 saturated heterocycles. The second-order valence-corrected chi connectivity index (χ2v) is 5.13. The molecule has 2 rings (SSSR count). The van der Waals surface area contributed by atoms with Crippen molar-refractivity contribution >= 4 is 28.3 Å². The molecule has 1 aliphatic heterocycles. The van der Waals surface area contributed by atoms with Gasteiger partial charge >= 0.3 is 0 Å². The molecule has 0 radical (unpaired) electrons. The van der Waals surface area contributed by atoms with Crippen LogP contribution in [0.25, 0.3) is 0 Å². The maximum absolute atomic E-state index is 11.7. The molecular formula is C11H18N4O2S. The van der Waals surface area contributed by atoms with Crippen molar-refractivity contribution in [1.29, 1.82) is 0 Å². The monoisotopic (exact) mass is 270 g/mol. The molecule has 4 N–H and O–H groups in total. The first-order chi connectivity index (χ1) is 8.63. The lowest BCUT2D eigenvalue weighted by atomic mass is 10.0. The molecule has 1 amide bonds. The Kier molecular flexibility index (Phi) is 4.03. The van der Waals surface area contributed by atoms with Crippen molar-refractivity contribution in [2.24, 2.45) is 5.92 Å². The lowest BCUT2D eigenvalue weighted by Gasteiger charge is -2.15. The summed E-state index contributed by atoms with van der Waals surface area (Å²) in [4.78, 5) is 11.7. The molecule has 100 valence electrons. The predicted octanol–water partition coefficient (Wildman–Crippen LogP) is 0.922. The summed E-state index contributed by atoms with van der Waals surface area (Å²) >= 11 is 1.22. The van der Waals surface area contributed by atoms with Crippen LogP contribution in [0.15, 0.2) is 0 Å². The maximum Gasteiger partial charge on any atom is 0.257 e. The number of rotatable bonds is 4. The summed E-state index contributed by atoms with van der Waals surface area (Å²) in [5.74, 6) is 0.530. The summed E-state index contributed by atoms with van der Waals surface area (Å²) in [6, 6.07) is 0. The van der Waals surface area contributed by atoms with Crippen LogP contribution in [0.4, 0.5) is 10.8 Å². The van der Waals surface area contributed by atoms with Gasteiger partial charge in [0.05, 0.1) is 6.10 Å². The van der Waals surface area contributed by atoms with Crippen LogP contribution in [-0.2, 0) is 4.74 Å². The quantitative estimate of drug-likeness (QED) is 0.757. The van der Waals surface area contributed by atoms with E-state index in [9.17, 15) is 4.79 Å². The Labute approximate surface area is 110 Å². The zero-order valence-corrected chi connectivity index (χ0v) is 11.3. The predicted molar refractivity (Wildman–Crippen MR) is 71.9 cm³/mol. The summed E-state index contributed by atoms with van der Waals surface area (Å²) in [5, 5.41) is 6.55. The molecule has 7 heteroatoms. The Balaban J connectivity index is 2.03. The topological polar surface area (TPSA) is 89.3 Å². The number of carbonyl (C=O) groups is 1. The average molecular weight is 270 g/mol. The summed E-state index contributed by atoms with van der Waals surface area (Å²) in [7, 11) is 1.58. The van der Waals surface area contributed by atoms with Gasteiger partial charge in [0.1, 0.15) is 10.6 Å². The smallest absolute Gasteiger partial charge is 0.257 e. The molecule has 1 aliphatic rings. The van der Waals surface area contributed by atoms with Crippen molar-refractivity contribution in [2.45, 2.75) is 19.4 Å². The number of nitrogens with two attached hydrogens (primary N) is 1. The second kappa shape index (κ2) is 5.53. The van der Waals surface area contributed by atoms with Crippen LogP contribution in [0.5, 0.6) is 0 Å². The van der Waals surface area contributed by atoms with Gasteiger partial charge in [-0.1, -0.05) is 0 Å². The van der Waals surface area contributed by atoms with Crippen molar-refractivity contribution < 1.29 is 9.53 Å². The Morgan fingerprint density at radius 3 is 3.06 bits per heavy atom. The fourth-order valence-corrected chi connectivity index (χ4v) is 2.75. The minimum Gasteiger partial charge on any atom is -0.382 e. The Hall–Kier alpha value is -1.34. The van der Waals surface area contributed by atoms with Gasteiger partial charge in [0, 0.05) is 26.1 Å². The van der Waals surface area contributed by atoms with Crippen molar-refractivity contribution in [3.63, 3.8) is 0 Å². The number of anilines is 2. The summed E-state index contributed by atoms with van der Waals surface area (Å²) in [5.41, 5.74) is 6.14. The molecule has 0 saturated carbocycles. The Bertz CT molecular complexity index is 435. The van der Waals surface area contributed by atoms with Crippen LogP contribution in [0.3, 0.4) is 0 Å². The van der Waals surface area contributed by atoms with E-state index in [1.807, 2.05) is 0 Å². The standard InChI is InChI=1S/C11H18N4O2S/c1-6-7(3-4-17-6)5-14-11-8(10(16)13-2)9(12)15-18-11/h6-7,14H,3-5H2,1-2H3,(H2,12,15)(H,13,16). The van der Waals surface area contributed by atoms with E-state index in [-0.39, 0.29) is 17.8 Å². The molecular weight excluding hydrogens is 252 g/mol. The van der Waals surface area contributed by atoms with E-state index in [0.29, 0.717) is 11.5 Å². The molecule has 0 bridgehead atoms. The van der Waals surface area contributed by atoms with Crippen molar-refractivity contribution in [3.8, 4) is 0 Å². The van der Waals surface area contributed by atoms with E-state index >= 15 is 0 Å². The van der Waals surface area contributed by atoms with Crippen molar-refractivity contribution in [1.82, 2.24) is 9.69 Å². The van der Waals surface area contributed by atoms with Crippen LogP contribution in [0.1, 0.15) is 23.7 Å². The molecule has 6 nitrogen and oxygen atoms in total. The van der Waals surface area contributed by atoms with Gasteiger partial charge in [-0.3, -0.25) is 4.79 Å². The first-order valence-corrected chi connectivity index (χ1v) is 6.73. The van der Waals surface area contributed by atoms with Gasteiger partial charge in [0.15, 0.2) is 5.82 Å². The number of aromatic nitrogens is 1. The molecule has 2 unspecified atom stereocenters. The van der Waals surface area contributed by atoms with Gasteiger partial charge < -0.3 is 21.1 Å². The number of carbonyl (C=O) groups excluding carboxylic acids is 1. The number of nitrogens with zero attached hydrogens (tertiary/aromatic N) is 1. The minimum atomic E-state index is -0.209. The van der Waals surface area contributed by atoms with Gasteiger partial charge in [-0.15, -0.1) is 0 Å². The average Bonchev–Trinajstić information content (AvgIpc) is 2.92. The summed E-state index contributed by atoms with van der Waals surface area (Å²) in [6.07, 6.45) is 1.30. The van der Waals surface area contributed by atoms with E-state index in [1.165, 1.54) is 11.5 Å². The number of ether oxygens (including phenoxy) is 1. The van der Waals surface area contributed by atoms with Gasteiger partial charge in [-0.25, -0.2) is 0 Å². The lowest BCUT2D eigenvalue weighted by molar-refractivity contribution is 0.0965. The zero-order chi connectivity index (χ0) is 13.1. The molecule has 0 aromatic carbocycles. The van der Waals surface area contributed by atoms with E-state index in [2.05, 4.69) is 21.9 Å². The number of amides is 1. The van der Waals surface area contributed by atoms with E-state index in [1.54, 1.807) is 7.05 Å².